The molecule has 0 unspecified atom stereocenters. The third-order valence-corrected chi connectivity index (χ3v) is 7.32. The number of hydrogen-bond acceptors (Lipinski definition) is 9. The van der Waals surface area contributed by atoms with Crippen LogP contribution in [0.5, 0.6) is 0 Å². The van der Waals surface area contributed by atoms with Crippen molar-refractivity contribution in [2.24, 2.45) is 5.73 Å². The molecule has 2 atom stereocenters. The zero-order valence-corrected chi connectivity index (χ0v) is 21.8. The van der Waals surface area contributed by atoms with E-state index in [9.17, 15) is 24.0 Å². The molecule has 5 rings (SSSR count). The van der Waals surface area contributed by atoms with Crippen molar-refractivity contribution in [2.75, 3.05) is 6.54 Å². The van der Waals surface area contributed by atoms with Crippen LogP contribution in [0.1, 0.15) is 49.3 Å². The molecule has 2 aromatic heterocycles. The van der Waals surface area contributed by atoms with Crippen molar-refractivity contribution in [3.05, 3.63) is 63.4 Å². The van der Waals surface area contributed by atoms with Gasteiger partial charge in [0.25, 0.3) is 5.56 Å². The molecule has 0 saturated heterocycles. The van der Waals surface area contributed by atoms with Crippen molar-refractivity contribution in [3.63, 3.8) is 0 Å². The largest absolute Gasteiger partial charge is 0.480 e. The van der Waals surface area contributed by atoms with Gasteiger partial charge >= 0.3 is 17.9 Å². The fourth-order valence-electron chi connectivity index (χ4n) is 5.13. The van der Waals surface area contributed by atoms with E-state index < -0.39 is 35.5 Å². The zero-order valence-electron chi connectivity index (χ0n) is 21.8. The van der Waals surface area contributed by atoms with Gasteiger partial charge in [-0.2, -0.15) is 0 Å². The predicted octanol–water partition coefficient (Wildman–Crippen LogP) is 1.33. The number of aliphatic carboxylic acids is 1. The van der Waals surface area contributed by atoms with Gasteiger partial charge in [-0.15, -0.1) is 0 Å². The Bertz CT molecular complexity index is 1610. The van der Waals surface area contributed by atoms with Crippen LogP contribution in [0.4, 0.5) is 0 Å². The van der Waals surface area contributed by atoms with E-state index in [1.807, 2.05) is 30.3 Å². The van der Waals surface area contributed by atoms with Crippen LogP contribution in [0, 0.1) is 0 Å². The Morgan fingerprint density at radius 3 is 2.75 bits per heavy atom. The van der Waals surface area contributed by atoms with Crippen LogP contribution >= 0.6 is 0 Å². The normalized spacial score (nSPS) is 17.8. The van der Waals surface area contributed by atoms with Crippen molar-refractivity contribution in [1.29, 1.82) is 0 Å². The summed E-state index contributed by atoms with van der Waals surface area (Å²) in [5, 5.41) is 12.3. The molecule has 0 radical (unpaired) electrons. The average Bonchev–Trinajstić information content (AvgIpc) is 3.29. The first-order chi connectivity index (χ1) is 19.1. The van der Waals surface area contributed by atoms with Crippen LogP contribution in [-0.4, -0.2) is 51.1 Å². The van der Waals surface area contributed by atoms with Crippen LogP contribution in [0.15, 0.2) is 41.2 Å². The van der Waals surface area contributed by atoms with Crippen molar-refractivity contribution in [3.8, 4) is 11.4 Å². The Kier molecular flexibility index (Phi) is 7.11. The highest BCUT2D eigenvalue weighted by molar-refractivity contribution is 5.88. The number of benzene rings is 1. The predicted molar refractivity (Wildman–Crippen MR) is 141 cm³/mol. The number of cyclic esters (lactones) is 1. The molecule has 4 heterocycles. The van der Waals surface area contributed by atoms with Crippen LogP contribution in [0.2, 0.25) is 0 Å². The van der Waals surface area contributed by atoms with Gasteiger partial charge in [0.2, 0.25) is 11.5 Å². The molecule has 0 aliphatic carbocycles. The van der Waals surface area contributed by atoms with Gasteiger partial charge in [0.05, 0.1) is 35.4 Å². The van der Waals surface area contributed by atoms with E-state index in [0.717, 1.165) is 16.5 Å². The highest BCUT2D eigenvalue weighted by atomic mass is 16.6. The van der Waals surface area contributed by atoms with E-state index in [0.29, 0.717) is 17.9 Å². The number of para-hydroxylation sites is 1. The Labute approximate surface area is 228 Å². The van der Waals surface area contributed by atoms with Gasteiger partial charge in [-0.1, -0.05) is 25.1 Å². The van der Waals surface area contributed by atoms with Crippen molar-refractivity contribution in [2.45, 2.75) is 57.4 Å². The van der Waals surface area contributed by atoms with Crippen LogP contribution in [0.3, 0.4) is 0 Å². The SMILES string of the molecule is CC[C@@]1(OC(=O)CCNC(=O)CC[C@H](N)C(=O)O)C(=O)OCc2c1cc1n(c2=O)Cc2cc3ccccc3nc2-1. The maximum absolute atomic E-state index is 13.6. The summed E-state index contributed by atoms with van der Waals surface area (Å²) >= 11 is 0. The summed E-state index contributed by atoms with van der Waals surface area (Å²) in [6.07, 6.45) is -0.423. The molecule has 208 valence electrons. The number of pyridine rings is 2. The second-order valence-corrected chi connectivity index (χ2v) is 9.82. The molecule has 3 aromatic rings. The van der Waals surface area contributed by atoms with Gasteiger partial charge in [-0.25, -0.2) is 9.78 Å². The molecule has 2 aliphatic rings. The Morgan fingerprint density at radius 1 is 1.23 bits per heavy atom. The minimum absolute atomic E-state index is 0.0188. The van der Waals surface area contributed by atoms with E-state index in [-0.39, 0.29) is 55.5 Å². The number of esters is 2. The second-order valence-electron chi connectivity index (χ2n) is 9.82. The molecule has 40 heavy (non-hydrogen) atoms. The van der Waals surface area contributed by atoms with E-state index in [2.05, 4.69) is 5.32 Å². The maximum atomic E-state index is 13.6. The topological polar surface area (TPSA) is 180 Å². The van der Waals surface area contributed by atoms with Crippen molar-refractivity contribution < 1.29 is 33.8 Å². The number of carboxylic acid groups (broad SMARTS) is 1. The number of carboxylic acids is 1. The number of rotatable bonds is 9. The van der Waals surface area contributed by atoms with Gasteiger partial charge in [0.1, 0.15) is 12.6 Å². The number of fused-ring (bicyclic) bond motifs is 5. The average molecular weight is 549 g/mol. The molecule has 1 amide bonds. The lowest BCUT2D eigenvalue weighted by atomic mass is 9.85. The minimum atomic E-state index is -1.84. The molecule has 1 aromatic carbocycles. The van der Waals surface area contributed by atoms with E-state index in [1.165, 1.54) is 0 Å². The number of nitrogens with zero attached hydrogens (tertiary/aromatic N) is 2. The van der Waals surface area contributed by atoms with E-state index in [4.69, 9.17) is 25.3 Å². The third kappa shape index (κ3) is 4.70. The molecule has 0 spiro atoms. The summed E-state index contributed by atoms with van der Waals surface area (Å²) in [6, 6.07) is 10.1. The molecule has 0 fully saturated rings. The quantitative estimate of drug-likeness (QED) is 0.258. The van der Waals surface area contributed by atoms with Gasteiger partial charge in [-0.3, -0.25) is 19.2 Å². The number of amides is 1. The van der Waals surface area contributed by atoms with Gasteiger partial charge in [0, 0.05) is 29.5 Å². The fourth-order valence-corrected chi connectivity index (χ4v) is 5.13. The molecular formula is C28H28N4O8. The number of nitrogens with two attached hydrogens (primary N) is 1. The molecule has 0 saturated carbocycles. The number of nitrogens with one attached hydrogen (secondary N) is 1. The second kappa shape index (κ2) is 10.5. The van der Waals surface area contributed by atoms with Gasteiger partial charge in [-0.05, 0) is 31.0 Å². The van der Waals surface area contributed by atoms with Crippen molar-refractivity contribution >= 4 is 34.7 Å². The lowest BCUT2D eigenvalue weighted by Gasteiger charge is -2.35. The van der Waals surface area contributed by atoms with Crippen LogP contribution in [-0.2, 0) is 47.4 Å². The van der Waals surface area contributed by atoms with Crippen LogP contribution < -0.4 is 16.6 Å². The maximum Gasteiger partial charge on any atom is 0.355 e. The number of aromatic nitrogens is 2. The van der Waals surface area contributed by atoms with E-state index in [1.54, 1.807) is 17.6 Å². The first kappa shape index (κ1) is 27.0. The fraction of sp³-hybridized carbons (Fsp3) is 0.357. The summed E-state index contributed by atoms with van der Waals surface area (Å²) in [7, 11) is 0. The lowest BCUT2D eigenvalue weighted by molar-refractivity contribution is -0.189. The smallest absolute Gasteiger partial charge is 0.355 e. The summed E-state index contributed by atoms with van der Waals surface area (Å²) in [5.41, 5.74) is 6.50. The molecule has 12 nitrogen and oxygen atoms in total. The Morgan fingerprint density at radius 2 is 2.00 bits per heavy atom. The number of hydrogen-bond donors (Lipinski definition) is 3. The van der Waals surface area contributed by atoms with Crippen molar-refractivity contribution in [1.82, 2.24) is 14.9 Å². The molecule has 0 bridgehead atoms. The monoisotopic (exact) mass is 548 g/mol. The van der Waals surface area contributed by atoms with Gasteiger partial charge in [0.15, 0.2) is 0 Å². The summed E-state index contributed by atoms with van der Waals surface area (Å²) < 4.78 is 12.6. The molecule has 12 heteroatoms. The standard InChI is InChI=1S/C28H28N4O8/c1-2-28(40-23(34)9-10-30-22(33)8-7-19(29)26(36)37)18-12-21-24-16(11-15-5-3-4-6-20(15)31-24)13-32(21)25(35)17(18)14-39-27(28)38/h3-6,11-12,19H,2,7-10,13-14,29H2,1H3,(H,30,33)(H,36,37)/t19-,28-/m0/s1. The van der Waals surface area contributed by atoms with Gasteiger partial charge < -0.3 is 30.2 Å². The lowest BCUT2D eigenvalue weighted by Crippen LogP contribution is -2.47. The Hall–Kier alpha value is -4.58. The number of ether oxygens (including phenoxy) is 2. The molecule has 4 N–H and O–H groups in total. The highest BCUT2D eigenvalue weighted by Crippen LogP contribution is 2.41. The summed E-state index contributed by atoms with van der Waals surface area (Å²) in [4.78, 5) is 67.1. The number of carbonyl (C=O) groups is 4. The molecular weight excluding hydrogens is 520 g/mol. The highest BCUT2D eigenvalue weighted by Gasteiger charge is 2.50. The third-order valence-electron chi connectivity index (χ3n) is 7.32. The minimum Gasteiger partial charge on any atom is -0.480 e. The number of carbonyl (C=O) groups excluding carboxylic acids is 3. The summed E-state index contributed by atoms with van der Waals surface area (Å²) in [6.45, 7) is 1.63. The first-order valence-electron chi connectivity index (χ1n) is 12.9. The van der Waals surface area contributed by atoms with E-state index >= 15 is 0 Å². The van der Waals surface area contributed by atoms with Crippen LogP contribution in [0.25, 0.3) is 22.3 Å². The first-order valence-corrected chi connectivity index (χ1v) is 12.9. The summed E-state index contributed by atoms with van der Waals surface area (Å²) in [5.74, 6) is -3.24. The zero-order chi connectivity index (χ0) is 28.6. The Balaban J connectivity index is 1.39. The molecule has 2 aliphatic heterocycles.